The summed E-state index contributed by atoms with van der Waals surface area (Å²) < 4.78 is 1.64. The van der Waals surface area contributed by atoms with Gasteiger partial charge in [-0.3, -0.25) is 4.57 Å². The molecule has 0 amide bonds. The molecule has 7 heteroatoms. The van der Waals surface area contributed by atoms with Crippen molar-refractivity contribution in [2.45, 2.75) is 0 Å². The van der Waals surface area contributed by atoms with E-state index in [0.717, 1.165) is 0 Å². The highest BCUT2D eigenvalue weighted by Gasteiger charge is 2.15. The molecule has 0 aliphatic carbocycles. The van der Waals surface area contributed by atoms with E-state index in [2.05, 4.69) is 9.97 Å². The molecule has 0 saturated heterocycles. The summed E-state index contributed by atoms with van der Waals surface area (Å²) in [5.41, 5.74) is 7.72. The first-order valence-electron chi connectivity index (χ1n) is 5.32. The van der Waals surface area contributed by atoms with E-state index < -0.39 is 0 Å². The van der Waals surface area contributed by atoms with Gasteiger partial charge in [-0.15, -0.1) is 0 Å². The van der Waals surface area contributed by atoms with Gasteiger partial charge in [-0.2, -0.15) is 0 Å². The lowest BCUT2D eigenvalue weighted by Crippen LogP contribution is -2.02. The van der Waals surface area contributed by atoms with Gasteiger partial charge in [0.1, 0.15) is 5.52 Å². The van der Waals surface area contributed by atoms with E-state index in [9.17, 15) is 0 Å². The van der Waals surface area contributed by atoms with Gasteiger partial charge in [-0.1, -0.05) is 40.9 Å². The Bertz CT molecular complexity index is 782. The number of hydrogen-bond donors (Lipinski definition) is 1. The average Bonchev–Trinajstić information content (AvgIpc) is 2.68. The molecule has 0 aliphatic heterocycles. The van der Waals surface area contributed by atoms with Crippen LogP contribution in [-0.2, 0) is 0 Å². The van der Waals surface area contributed by atoms with E-state index in [0.29, 0.717) is 31.9 Å². The quantitative estimate of drug-likeness (QED) is 0.739. The predicted molar refractivity (Wildman–Crippen MR) is 78.3 cm³/mol. The fourth-order valence-corrected chi connectivity index (χ4v) is 2.39. The molecule has 3 rings (SSSR count). The Morgan fingerprint density at radius 2 is 1.95 bits per heavy atom. The number of nitrogen functional groups attached to an aromatic ring is 1. The molecule has 2 N–H and O–H groups in total. The minimum absolute atomic E-state index is 0.272. The summed E-state index contributed by atoms with van der Waals surface area (Å²) in [6.45, 7) is 0. The largest absolute Gasteiger partial charge is 0.369 e. The summed E-state index contributed by atoms with van der Waals surface area (Å²) in [7, 11) is 0. The van der Waals surface area contributed by atoms with Gasteiger partial charge >= 0.3 is 0 Å². The summed E-state index contributed by atoms with van der Waals surface area (Å²) in [5.74, 6) is 0.272. The van der Waals surface area contributed by atoms with Crippen molar-refractivity contribution in [3.05, 3.63) is 45.5 Å². The third-order valence-corrected chi connectivity index (χ3v) is 3.68. The van der Waals surface area contributed by atoms with Gasteiger partial charge in [0.15, 0.2) is 5.65 Å². The maximum absolute atomic E-state index is 6.20. The summed E-state index contributed by atoms with van der Waals surface area (Å²) in [4.78, 5) is 8.45. The first kappa shape index (κ1) is 12.5. The van der Waals surface area contributed by atoms with Gasteiger partial charge in [-0.05, 0) is 18.2 Å². The number of anilines is 1. The number of benzene rings is 1. The Balaban J connectivity index is 2.36. The first-order valence-corrected chi connectivity index (χ1v) is 6.45. The van der Waals surface area contributed by atoms with E-state index in [1.807, 2.05) is 0 Å². The number of hydrogen-bond acceptors (Lipinski definition) is 3. The highest BCUT2D eigenvalue weighted by molar-refractivity contribution is 6.43. The summed E-state index contributed by atoms with van der Waals surface area (Å²) >= 11 is 18.1. The molecule has 1 aromatic carbocycles. The zero-order chi connectivity index (χ0) is 13.6. The lowest BCUT2D eigenvalue weighted by molar-refractivity contribution is 1.08. The van der Waals surface area contributed by atoms with E-state index in [-0.39, 0.29) is 5.95 Å². The molecule has 19 heavy (non-hydrogen) atoms. The van der Waals surface area contributed by atoms with Gasteiger partial charge in [0.25, 0.3) is 0 Å². The predicted octanol–water partition coefficient (Wildman–Crippen LogP) is 3.96. The van der Waals surface area contributed by atoms with Crippen LogP contribution in [0.1, 0.15) is 0 Å². The van der Waals surface area contributed by atoms with Gasteiger partial charge in [0.2, 0.25) is 5.95 Å². The minimum Gasteiger partial charge on any atom is -0.369 e. The molecule has 4 nitrogen and oxygen atoms in total. The van der Waals surface area contributed by atoms with Crippen molar-refractivity contribution in [1.29, 1.82) is 0 Å². The van der Waals surface area contributed by atoms with Crippen molar-refractivity contribution >= 4 is 51.9 Å². The van der Waals surface area contributed by atoms with Crippen LogP contribution in [0, 0.1) is 0 Å². The second-order valence-electron chi connectivity index (χ2n) is 3.87. The second kappa shape index (κ2) is 4.56. The first-order chi connectivity index (χ1) is 9.08. The molecule has 0 unspecified atom stereocenters. The molecule has 0 fully saturated rings. The van der Waals surface area contributed by atoms with Crippen LogP contribution < -0.4 is 5.73 Å². The Morgan fingerprint density at radius 3 is 2.74 bits per heavy atom. The number of halogens is 3. The standard InChI is InChI=1S/C12H7Cl3N4/c13-6-4-8-11(17-5-6)19(12(16)18-8)9-3-1-2-7(14)10(9)15/h1-5H,(H2,16,18). The maximum Gasteiger partial charge on any atom is 0.207 e. The molecular weight excluding hydrogens is 307 g/mol. The third kappa shape index (κ3) is 2.02. The molecule has 2 aromatic heterocycles. The van der Waals surface area contributed by atoms with E-state index in [1.54, 1.807) is 28.8 Å². The van der Waals surface area contributed by atoms with Crippen LogP contribution >= 0.6 is 34.8 Å². The SMILES string of the molecule is Nc1nc2cc(Cl)cnc2n1-c1cccc(Cl)c1Cl. The molecule has 0 saturated carbocycles. The topological polar surface area (TPSA) is 56.7 Å². The zero-order valence-electron chi connectivity index (χ0n) is 9.44. The van der Waals surface area contributed by atoms with Crippen LogP contribution in [-0.4, -0.2) is 14.5 Å². The van der Waals surface area contributed by atoms with Crippen LogP contribution in [0.25, 0.3) is 16.9 Å². The van der Waals surface area contributed by atoms with Crippen molar-refractivity contribution in [3.63, 3.8) is 0 Å². The van der Waals surface area contributed by atoms with E-state index in [1.165, 1.54) is 6.20 Å². The fourth-order valence-electron chi connectivity index (χ4n) is 1.86. The Labute approximate surface area is 123 Å². The monoisotopic (exact) mass is 312 g/mol. The van der Waals surface area contributed by atoms with Crippen LogP contribution in [0.4, 0.5) is 5.95 Å². The number of imidazole rings is 1. The van der Waals surface area contributed by atoms with Crippen molar-refractivity contribution < 1.29 is 0 Å². The molecule has 0 radical (unpaired) electrons. The number of pyridine rings is 1. The molecule has 0 spiro atoms. The molecule has 2 heterocycles. The smallest absolute Gasteiger partial charge is 0.207 e. The average molecular weight is 314 g/mol. The Morgan fingerprint density at radius 1 is 1.16 bits per heavy atom. The molecule has 0 atom stereocenters. The van der Waals surface area contributed by atoms with Crippen molar-refractivity contribution in [1.82, 2.24) is 14.5 Å². The third-order valence-electron chi connectivity index (χ3n) is 2.66. The highest BCUT2D eigenvalue weighted by atomic mass is 35.5. The Kier molecular flexibility index (Phi) is 3.01. The van der Waals surface area contributed by atoms with E-state index >= 15 is 0 Å². The summed E-state index contributed by atoms with van der Waals surface area (Å²) in [6.07, 6.45) is 1.53. The highest BCUT2D eigenvalue weighted by Crippen LogP contribution is 2.32. The number of fused-ring (bicyclic) bond motifs is 1. The molecular formula is C12H7Cl3N4. The fraction of sp³-hybridized carbons (Fsp3) is 0. The zero-order valence-corrected chi connectivity index (χ0v) is 11.7. The maximum atomic E-state index is 6.20. The molecule has 0 aliphatic rings. The van der Waals surface area contributed by atoms with Crippen molar-refractivity contribution in [2.75, 3.05) is 5.73 Å². The lowest BCUT2D eigenvalue weighted by atomic mass is 10.3. The lowest BCUT2D eigenvalue weighted by Gasteiger charge is -2.08. The van der Waals surface area contributed by atoms with Gasteiger partial charge in [-0.25, -0.2) is 9.97 Å². The number of aromatic nitrogens is 3. The van der Waals surface area contributed by atoms with Crippen LogP contribution in [0.2, 0.25) is 15.1 Å². The van der Waals surface area contributed by atoms with E-state index in [4.69, 9.17) is 40.5 Å². The van der Waals surface area contributed by atoms with Crippen molar-refractivity contribution in [3.8, 4) is 5.69 Å². The summed E-state index contributed by atoms with van der Waals surface area (Å²) in [6, 6.07) is 6.97. The second-order valence-corrected chi connectivity index (χ2v) is 5.10. The van der Waals surface area contributed by atoms with Gasteiger partial charge in [0, 0.05) is 6.20 Å². The number of nitrogens with zero attached hydrogens (tertiary/aromatic N) is 3. The Hall–Kier alpha value is -1.49. The van der Waals surface area contributed by atoms with Crippen molar-refractivity contribution in [2.24, 2.45) is 0 Å². The minimum atomic E-state index is 0.272. The normalized spacial score (nSPS) is 11.1. The van der Waals surface area contributed by atoms with Crippen LogP contribution in [0.15, 0.2) is 30.5 Å². The number of rotatable bonds is 1. The van der Waals surface area contributed by atoms with Gasteiger partial charge < -0.3 is 5.73 Å². The van der Waals surface area contributed by atoms with Crippen LogP contribution in [0.3, 0.4) is 0 Å². The van der Waals surface area contributed by atoms with Crippen LogP contribution in [0.5, 0.6) is 0 Å². The number of nitrogens with two attached hydrogens (primary N) is 1. The van der Waals surface area contributed by atoms with Gasteiger partial charge in [0.05, 0.1) is 20.8 Å². The summed E-state index contributed by atoms with van der Waals surface area (Å²) in [5, 5.41) is 1.33. The molecule has 0 bridgehead atoms. The molecule has 96 valence electrons. The molecule has 3 aromatic rings.